The number of nitrogens with one attached hydrogen (secondary N) is 1. The molecule has 3 aromatic rings. The molecule has 4 aliphatic rings. The summed E-state index contributed by atoms with van der Waals surface area (Å²) in [5.74, 6) is -0.00423. The minimum atomic E-state index is -4.86. The van der Waals surface area contributed by atoms with E-state index in [1.54, 1.807) is 21.3 Å². The van der Waals surface area contributed by atoms with E-state index in [0.29, 0.717) is 18.7 Å². The van der Waals surface area contributed by atoms with Crippen LogP contribution in [0.2, 0.25) is 0 Å². The lowest BCUT2D eigenvalue weighted by Crippen LogP contribution is -2.62. The van der Waals surface area contributed by atoms with Gasteiger partial charge in [-0.25, -0.2) is 13.8 Å². The molecule has 0 unspecified atom stereocenters. The van der Waals surface area contributed by atoms with Crippen molar-refractivity contribution in [1.29, 1.82) is 0 Å². The second-order valence-electron chi connectivity index (χ2n) is 10.4. The second kappa shape index (κ2) is 9.47. The van der Waals surface area contributed by atoms with Gasteiger partial charge in [-0.15, -0.1) is 11.8 Å². The summed E-state index contributed by atoms with van der Waals surface area (Å²) in [4.78, 5) is 48.5. The maximum Gasteiger partial charge on any atom is 0.472 e. The van der Waals surface area contributed by atoms with Crippen LogP contribution in [0, 0.1) is 0 Å². The maximum absolute atomic E-state index is 14.0. The number of aromatic nitrogens is 1. The number of phosphoric acid groups is 1. The summed E-state index contributed by atoms with van der Waals surface area (Å²) in [5.41, 5.74) is 7.01. The first-order valence-corrected chi connectivity index (χ1v) is 15.4. The van der Waals surface area contributed by atoms with Crippen LogP contribution in [0.15, 0.2) is 58.2 Å². The number of hydrogen-bond donors (Lipinski definition) is 3. The predicted molar refractivity (Wildman–Crippen MR) is 146 cm³/mol. The Labute approximate surface area is 233 Å². The van der Waals surface area contributed by atoms with Crippen molar-refractivity contribution >= 4 is 25.5 Å². The van der Waals surface area contributed by atoms with Gasteiger partial charge >= 0.3 is 7.82 Å². The predicted octanol–water partition coefficient (Wildman–Crippen LogP) is 3.05. The van der Waals surface area contributed by atoms with Crippen molar-refractivity contribution in [2.24, 2.45) is 0 Å². The zero-order valence-electron chi connectivity index (χ0n) is 21.2. The first kappa shape index (κ1) is 25.8. The van der Waals surface area contributed by atoms with Crippen LogP contribution in [0.25, 0.3) is 11.3 Å². The molecule has 1 saturated carbocycles. The maximum atomic E-state index is 14.0. The number of ether oxygens (including phenoxy) is 2. The van der Waals surface area contributed by atoms with Crippen LogP contribution in [0.3, 0.4) is 0 Å². The summed E-state index contributed by atoms with van der Waals surface area (Å²) in [5, 5.41) is 0. The Bertz CT molecular complexity index is 1650. The number of hydrogen-bond acceptors (Lipinski definition) is 8. The number of thioether (sulfide) groups is 1. The second-order valence-corrected chi connectivity index (χ2v) is 12.6. The van der Waals surface area contributed by atoms with E-state index in [4.69, 9.17) is 19.3 Å². The van der Waals surface area contributed by atoms with E-state index >= 15 is 0 Å². The molecule has 1 saturated heterocycles. The number of pyridine rings is 1. The standard InChI is InChI=1S/C27H26N3O8PS/c31-21-11-20(18-6-3-5-17-13-40-22-7-2-1-4-16(22)10-19(17)18)30-24(25(21)36-15-38-39(33,34)35)26(32)29-14-27(8-9-27)37-12-23(29)28-30/h1-7,11,23,28H,8-10,12-15H2,(H2,33,34,35)/t23-/m0/s1. The zero-order valence-corrected chi connectivity index (χ0v) is 23.0. The molecule has 3 N–H and O–H groups in total. The molecular weight excluding hydrogens is 557 g/mol. The fourth-order valence-corrected chi connectivity index (χ4v) is 6.90. The van der Waals surface area contributed by atoms with Gasteiger partial charge in [0.15, 0.2) is 5.69 Å². The third-order valence-corrected chi connectivity index (χ3v) is 9.41. The summed E-state index contributed by atoms with van der Waals surface area (Å²) in [6.45, 7) is -0.245. The van der Waals surface area contributed by atoms with Crippen LogP contribution in [0.4, 0.5) is 0 Å². The Balaban J connectivity index is 1.37. The minimum Gasteiger partial charge on any atom is -0.460 e. The molecule has 7 rings (SSSR count). The number of fused-ring (bicyclic) bond motifs is 4. The molecule has 208 valence electrons. The average molecular weight is 584 g/mol. The molecule has 4 heterocycles. The van der Waals surface area contributed by atoms with Crippen LogP contribution in [-0.2, 0) is 26.0 Å². The third-order valence-electron chi connectivity index (χ3n) is 7.80. The fourth-order valence-electron chi connectivity index (χ4n) is 5.63. The van der Waals surface area contributed by atoms with Gasteiger partial charge in [0, 0.05) is 22.3 Å². The van der Waals surface area contributed by atoms with Crippen LogP contribution in [0.5, 0.6) is 5.75 Å². The molecule has 1 amide bonds. The number of amides is 1. The number of nitrogens with zero attached hydrogens (tertiary/aromatic N) is 2. The molecule has 13 heteroatoms. The summed E-state index contributed by atoms with van der Waals surface area (Å²) in [6, 6.07) is 15.6. The highest BCUT2D eigenvalue weighted by Crippen LogP contribution is 2.45. The molecule has 2 aromatic carbocycles. The van der Waals surface area contributed by atoms with Gasteiger partial charge in [-0.2, -0.15) is 0 Å². The van der Waals surface area contributed by atoms with Crippen molar-refractivity contribution < 1.29 is 33.1 Å². The molecule has 1 aliphatic carbocycles. The van der Waals surface area contributed by atoms with E-state index in [2.05, 4.69) is 28.1 Å². The molecule has 11 nitrogen and oxygen atoms in total. The smallest absolute Gasteiger partial charge is 0.460 e. The fraction of sp³-hybridized carbons (Fsp3) is 0.333. The molecule has 40 heavy (non-hydrogen) atoms. The van der Waals surface area contributed by atoms with Crippen molar-refractivity contribution in [2.75, 3.05) is 25.4 Å². The molecule has 1 aromatic heterocycles. The van der Waals surface area contributed by atoms with Gasteiger partial charge in [0.25, 0.3) is 5.91 Å². The van der Waals surface area contributed by atoms with E-state index in [0.717, 1.165) is 35.3 Å². The Hall–Kier alpha value is -3.12. The van der Waals surface area contributed by atoms with Crippen molar-refractivity contribution in [2.45, 2.75) is 41.7 Å². The molecule has 0 radical (unpaired) electrons. The number of rotatable bonds is 5. The van der Waals surface area contributed by atoms with Gasteiger partial charge < -0.3 is 29.6 Å². The van der Waals surface area contributed by atoms with Crippen LogP contribution in [-0.4, -0.2) is 57.0 Å². The summed E-state index contributed by atoms with van der Waals surface area (Å²) in [7, 11) is -4.86. The lowest BCUT2D eigenvalue weighted by atomic mass is 9.93. The Kier molecular flexibility index (Phi) is 6.12. The largest absolute Gasteiger partial charge is 0.472 e. The van der Waals surface area contributed by atoms with Gasteiger partial charge in [-0.1, -0.05) is 36.4 Å². The van der Waals surface area contributed by atoms with Crippen molar-refractivity contribution in [1.82, 2.24) is 9.58 Å². The van der Waals surface area contributed by atoms with Crippen molar-refractivity contribution in [3.8, 4) is 17.0 Å². The van der Waals surface area contributed by atoms with E-state index in [1.807, 2.05) is 24.3 Å². The molecule has 1 spiro atoms. The molecule has 0 bridgehead atoms. The first-order chi connectivity index (χ1) is 19.2. The number of carbonyl (C=O) groups is 1. The number of morpholine rings is 1. The van der Waals surface area contributed by atoms with Gasteiger partial charge in [0.2, 0.25) is 18.0 Å². The van der Waals surface area contributed by atoms with Crippen LogP contribution < -0.4 is 15.6 Å². The topological polar surface area (TPSA) is 140 Å². The van der Waals surface area contributed by atoms with E-state index in [9.17, 15) is 14.2 Å². The highest BCUT2D eigenvalue weighted by atomic mass is 32.2. The molecule has 3 aliphatic heterocycles. The van der Waals surface area contributed by atoms with Crippen molar-refractivity contribution in [3.05, 3.63) is 81.1 Å². The lowest BCUT2D eigenvalue weighted by molar-refractivity contribution is -0.0665. The normalized spacial score (nSPS) is 20.5. The van der Waals surface area contributed by atoms with Gasteiger partial charge in [0.05, 0.1) is 24.4 Å². The summed E-state index contributed by atoms with van der Waals surface area (Å²) >= 11 is 1.76. The molecular formula is C27H26N3O8PS. The van der Waals surface area contributed by atoms with Gasteiger partial charge in [-0.3, -0.25) is 9.59 Å². The highest BCUT2D eigenvalue weighted by Gasteiger charge is 2.53. The molecule has 1 atom stereocenters. The average Bonchev–Trinajstić information content (AvgIpc) is 3.71. The third kappa shape index (κ3) is 4.54. The quantitative estimate of drug-likeness (QED) is 0.303. The SMILES string of the molecule is O=C1c2c(OCOP(=O)(O)O)c(=O)cc(-c3cccc4c3Cc3ccccc3SC4)n2N[C@@H]2COC3(CC3)CN12. The first-order valence-electron chi connectivity index (χ1n) is 12.9. The Morgan fingerprint density at radius 3 is 2.73 bits per heavy atom. The van der Waals surface area contributed by atoms with Crippen molar-refractivity contribution in [3.63, 3.8) is 0 Å². The van der Waals surface area contributed by atoms with E-state index < -0.39 is 32.1 Å². The zero-order chi connectivity index (χ0) is 27.6. The lowest BCUT2D eigenvalue weighted by Gasteiger charge is -2.45. The molecule has 2 fully saturated rings. The van der Waals surface area contributed by atoms with Gasteiger partial charge in [-0.05, 0) is 42.0 Å². The number of benzene rings is 2. The summed E-state index contributed by atoms with van der Waals surface area (Å²) < 4.78 is 28.7. The minimum absolute atomic E-state index is 0.0493. The van der Waals surface area contributed by atoms with Crippen LogP contribution >= 0.6 is 19.6 Å². The summed E-state index contributed by atoms with van der Waals surface area (Å²) in [6.07, 6.45) is 1.89. The van der Waals surface area contributed by atoms with Crippen LogP contribution in [0.1, 0.15) is 40.0 Å². The van der Waals surface area contributed by atoms with Gasteiger partial charge in [0.1, 0.15) is 6.17 Å². The Morgan fingerprint density at radius 1 is 1.12 bits per heavy atom. The highest BCUT2D eigenvalue weighted by molar-refractivity contribution is 7.98. The van der Waals surface area contributed by atoms with E-state index in [1.165, 1.54) is 16.5 Å². The number of phosphoric ester groups is 1. The monoisotopic (exact) mass is 583 g/mol. The Morgan fingerprint density at radius 2 is 1.93 bits per heavy atom. The van der Waals surface area contributed by atoms with E-state index in [-0.39, 0.29) is 23.7 Å². The number of carbonyl (C=O) groups excluding carboxylic acids is 1.